The number of rotatable bonds is 6. The molecule has 0 bridgehead atoms. The van der Waals surface area contributed by atoms with Crippen LogP contribution < -0.4 is 5.32 Å². The van der Waals surface area contributed by atoms with E-state index in [1.165, 1.54) is 0 Å². The quantitative estimate of drug-likeness (QED) is 0.857. The molecule has 2 aromatic heterocycles. The zero-order valence-electron chi connectivity index (χ0n) is 11.0. The van der Waals surface area contributed by atoms with Gasteiger partial charge in [0, 0.05) is 11.4 Å². The van der Waals surface area contributed by atoms with Crippen molar-refractivity contribution in [1.29, 1.82) is 0 Å². The van der Waals surface area contributed by atoms with E-state index < -0.39 is 0 Å². The van der Waals surface area contributed by atoms with Gasteiger partial charge in [0.1, 0.15) is 0 Å². The van der Waals surface area contributed by atoms with Gasteiger partial charge in [-0.2, -0.15) is 5.10 Å². The van der Waals surface area contributed by atoms with E-state index in [0.29, 0.717) is 5.02 Å². The van der Waals surface area contributed by atoms with E-state index in [2.05, 4.69) is 24.3 Å². The minimum atomic E-state index is 0.0485. The number of aromatic nitrogens is 2. The second-order valence-electron chi connectivity index (χ2n) is 4.22. The van der Waals surface area contributed by atoms with Gasteiger partial charge in [0.25, 0.3) is 0 Å². The molecule has 0 saturated carbocycles. The summed E-state index contributed by atoms with van der Waals surface area (Å²) in [4.78, 5) is 1.16. The Hall–Kier alpha value is -0.550. The first-order valence-electron chi connectivity index (χ1n) is 6.37. The van der Waals surface area contributed by atoms with Crippen LogP contribution in [0.5, 0.6) is 0 Å². The predicted octanol–water partition coefficient (Wildman–Crippen LogP) is 4.36. The molecule has 1 atom stereocenters. The van der Waals surface area contributed by atoms with E-state index in [1.807, 2.05) is 16.8 Å². The number of nitrogens with zero attached hydrogens (tertiary/aromatic N) is 2. The summed E-state index contributed by atoms with van der Waals surface area (Å²) in [6.45, 7) is 5.92. The highest BCUT2D eigenvalue weighted by molar-refractivity contribution is 7.16. The molecule has 0 saturated heterocycles. The Kier molecular flexibility index (Phi) is 5.28. The maximum atomic E-state index is 6.30. The molecule has 0 amide bonds. The fraction of sp³-hybridized carbons (Fsp3) is 0.462. The average Bonchev–Trinajstić information content (AvgIpc) is 2.98. The lowest BCUT2D eigenvalue weighted by Crippen LogP contribution is -2.25. The first-order chi connectivity index (χ1) is 9.17. The van der Waals surface area contributed by atoms with Crippen LogP contribution in [0.25, 0.3) is 0 Å². The van der Waals surface area contributed by atoms with Crippen LogP contribution in [0.2, 0.25) is 9.36 Å². The average molecular weight is 318 g/mol. The van der Waals surface area contributed by atoms with Crippen LogP contribution in [0.3, 0.4) is 0 Å². The lowest BCUT2D eigenvalue weighted by Gasteiger charge is -2.19. The molecule has 3 nitrogen and oxygen atoms in total. The summed E-state index contributed by atoms with van der Waals surface area (Å²) in [6.07, 6.45) is 2.77. The van der Waals surface area contributed by atoms with Crippen LogP contribution in [-0.4, -0.2) is 16.3 Å². The Morgan fingerprint density at radius 2 is 2.16 bits per heavy atom. The molecule has 0 fully saturated rings. The molecule has 0 aromatic carbocycles. The molecular formula is C13H17Cl2N3S. The Labute approximate surface area is 127 Å². The van der Waals surface area contributed by atoms with Gasteiger partial charge in [0.05, 0.1) is 27.3 Å². The van der Waals surface area contributed by atoms with Crippen LogP contribution >= 0.6 is 34.5 Å². The van der Waals surface area contributed by atoms with Gasteiger partial charge in [-0.1, -0.05) is 30.1 Å². The molecule has 19 heavy (non-hydrogen) atoms. The first-order valence-corrected chi connectivity index (χ1v) is 7.94. The van der Waals surface area contributed by atoms with Crippen LogP contribution in [-0.2, 0) is 6.54 Å². The zero-order chi connectivity index (χ0) is 13.8. The summed E-state index contributed by atoms with van der Waals surface area (Å²) in [5.41, 5.74) is 1.01. The molecular weight excluding hydrogens is 301 g/mol. The van der Waals surface area contributed by atoms with E-state index in [1.54, 1.807) is 17.5 Å². The molecule has 0 aliphatic heterocycles. The molecule has 0 radical (unpaired) electrons. The van der Waals surface area contributed by atoms with Gasteiger partial charge in [-0.05, 0) is 32.0 Å². The second kappa shape index (κ2) is 6.75. The molecule has 1 N–H and O–H groups in total. The number of halogens is 2. The minimum Gasteiger partial charge on any atom is -0.304 e. The number of hydrogen-bond acceptors (Lipinski definition) is 3. The predicted molar refractivity (Wildman–Crippen MR) is 82.4 cm³/mol. The fourth-order valence-corrected chi connectivity index (χ4v) is 3.41. The lowest BCUT2D eigenvalue weighted by atomic mass is 10.1. The first kappa shape index (κ1) is 14.9. The Bertz CT molecular complexity index is 536. The van der Waals surface area contributed by atoms with Crippen molar-refractivity contribution in [3.05, 3.63) is 38.3 Å². The number of nitrogens with one attached hydrogen (secondary N) is 1. The standard InChI is InChI=1S/C13H17Cl2N3S/c1-3-7-16-12(10-5-6-11(15)19-10)13-9(14)8-17-18(13)4-2/h5-6,8,12,16H,3-4,7H2,1-2H3. The molecule has 0 aliphatic carbocycles. The summed E-state index contributed by atoms with van der Waals surface area (Å²) in [5, 5.41) is 8.53. The maximum Gasteiger partial charge on any atom is 0.0931 e. The van der Waals surface area contributed by atoms with Gasteiger partial charge in [-0.3, -0.25) is 4.68 Å². The monoisotopic (exact) mass is 317 g/mol. The number of aryl methyl sites for hydroxylation is 1. The highest BCUT2D eigenvalue weighted by atomic mass is 35.5. The highest BCUT2D eigenvalue weighted by Crippen LogP contribution is 2.34. The summed E-state index contributed by atoms with van der Waals surface area (Å²) >= 11 is 13.9. The molecule has 0 aliphatic rings. The summed E-state index contributed by atoms with van der Waals surface area (Å²) in [7, 11) is 0. The van der Waals surface area contributed by atoms with Crippen molar-refractivity contribution in [2.24, 2.45) is 0 Å². The molecule has 2 rings (SSSR count). The molecule has 1 unspecified atom stereocenters. The number of hydrogen-bond donors (Lipinski definition) is 1. The third kappa shape index (κ3) is 3.31. The molecule has 6 heteroatoms. The van der Waals surface area contributed by atoms with Gasteiger partial charge < -0.3 is 5.32 Å². The minimum absolute atomic E-state index is 0.0485. The van der Waals surface area contributed by atoms with Gasteiger partial charge in [-0.15, -0.1) is 11.3 Å². The summed E-state index contributed by atoms with van der Waals surface area (Å²) in [6, 6.07) is 4.01. The molecule has 104 valence electrons. The van der Waals surface area contributed by atoms with E-state index in [4.69, 9.17) is 23.2 Å². The number of thiophene rings is 1. The SMILES string of the molecule is CCCNC(c1ccc(Cl)s1)c1c(Cl)cnn1CC. The van der Waals surface area contributed by atoms with Crippen LogP contribution in [0.4, 0.5) is 0 Å². The van der Waals surface area contributed by atoms with E-state index in [0.717, 1.165) is 34.4 Å². The molecule has 0 spiro atoms. The van der Waals surface area contributed by atoms with Gasteiger partial charge in [0.2, 0.25) is 0 Å². The smallest absolute Gasteiger partial charge is 0.0931 e. The Morgan fingerprint density at radius 1 is 1.37 bits per heavy atom. The van der Waals surface area contributed by atoms with Crippen LogP contribution in [0.15, 0.2) is 18.3 Å². The van der Waals surface area contributed by atoms with Crippen molar-refractivity contribution in [3.8, 4) is 0 Å². The summed E-state index contributed by atoms with van der Waals surface area (Å²) < 4.78 is 2.72. The Balaban J connectivity index is 2.39. The van der Waals surface area contributed by atoms with Crippen molar-refractivity contribution in [2.75, 3.05) is 6.54 Å². The van der Waals surface area contributed by atoms with Crippen LogP contribution in [0.1, 0.15) is 36.9 Å². The third-order valence-electron chi connectivity index (χ3n) is 2.88. The normalized spacial score (nSPS) is 12.8. The van der Waals surface area contributed by atoms with Crippen molar-refractivity contribution < 1.29 is 0 Å². The van der Waals surface area contributed by atoms with Crippen LogP contribution in [0, 0.1) is 0 Å². The van der Waals surface area contributed by atoms with E-state index >= 15 is 0 Å². The summed E-state index contributed by atoms with van der Waals surface area (Å²) in [5.74, 6) is 0. The van der Waals surface area contributed by atoms with Gasteiger partial charge >= 0.3 is 0 Å². The van der Waals surface area contributed by atoms with E-state index in [-0.39, 0.29) is 6.04 Å². The zero-order valence-corrected chi connectivity index (χ0v) is 13.3. The third-order valence-corrected chi connectivity index (χ3v) is 4.47. The van der Waals surface area contributed by atoms with Crippen molar-refractivity contribution in [3.63, 3.8) is 0 Å². The maximum absolute atomic E-state index is 6.30. The van der Waals surface area contributed by atoms with Crippen molar-refractivity contribution in [1.82, 2.24) is 15.1 Å². The Morgan fingerprint density at radius 3 is 2.74 bits per heavy atom. The fourth-order valence-electron chi connectivity index (χ4n) is 2.02. The van der Waals surface area contributed by atoms with E-state index in [9.17, 15) is 0 Å². The lowest BCUT2D eigenvalue weighted by molar-refractivity contribution is 0.534. The van der Waals surface area contributed by atoms with Crippen molar-refractivity contribution >= 4 is 34.5 Å². The molecule has 2 aromatic rings. The van der Waals surface area contributed by atoms with Crippen molar-refractivity contribution in [2.45, 2.75) is 32.9 Å². The highest BCUT2D eigenvalue weighted by Gasteiger charge is 2.22. The van der Waals surface area contributed by atoms with Gasteiger partial charge in [-0.25, -0.2) is 0 Å². The topological polar surface area (TPSA) is 29.9 Å². The molecule has 2 heterocycles. The van der Waals surface area contributed by atoms with Gasteiger partial charge in [0.15, 0.2) is 0 Å². The largest absolute Gasteiger partial charge is 0.304 e. The second-order valence-corrected chi connectivity index (χ2v) is 6.38.